The Bertz CT molecular complexity index is 3410. The number of rotatable bonds is 6. The molecule has 0 unspecified atom stereocenters. The van der Waals surface area contributed by atoms with E-state index >= 15 is 0 Å². The highest BCUT2D eigenvalue weighted by atomic mass is 14.8. The van der Waals surface area contributed by atoms with Crippen molar-refractivity contribution in [3.63, 3.8) is 0 Å². The van der Waals surface area contributed by atoms with Gasteiger partial charge in [-0.2, -0.15) is 0 Å². The van der Waals surface area contributed by atoms with Gasteiger partial charge < -0.3 is 0 Å². The molecule has 0 aliphatic carbocycles. The predicted octanol–water partition coefficient (Wildman–Crippen LogP) is 17.7. The third-order valence-corrected chi connectivity index (χ3v) is 12.3. The van der Waals surface area contributed by atoms with E-state index in [1.165, 1.54) is 93.2 Å². The van der Waals surface area contributed by atoms with Crippen LogP contribution in [0.5, 0.6) is 0 Å². The van der Waals surface area contributed by atoms with E-state index in [0.717, 1.165) is 23.4 Å². The van der Waals surface area contributed by atoms with E-state index in [0.29, 0.717) is 0 Å². The van der Waals surface area contributed by atoms with Gasteiger partial charge in [-0.3, -0.25) is 4.99 Å². The number of fused-ring (bicyclic) bond motifs is 4. The van der Waals surface area contributed by atoms with Gasteiger partial charge in [0.05, 0.1) is 5.69 Å². The van der Waals surface area contributed by atoms with E-state index in [-0.39, 0.29) is 0 Å². The van der Waals surface area contributed by atoms with Gasteiger partial charge in [0.2, 0.25) is 0 Å². The van der Waals surface area contributed by atoms with Crippen LogP contribution in [-0.4, -0.2) is 5.71 Å². The molecule has 0 N–H and O–H groups in total. The summed E-state index contributed by atoms with van der Waals surface area (Å²) in [5.41, 5.74) is 14.5. The number of nitrogens with zero attached hydrogens (tertiary/aromatic N) is 1. The van der Waals surface area contributed by atoms with Crippen LogP contribution in [0.4, 0.5) is 5.69 Å². The van der Waals surface area contributed by atoms with Crippen LogP contribution in [0.1, 0.15) is 40.3 Å². The summed E-state index contributed by atoms with van der Waals surface area (Å²) in [7, 11) is 0. The van der Waals surface area contributed by atoms with Crippen molar-refractivity contribution < 1.29 is 0 Å². The smallest absolute Gasteiger partial charge is 0.0753 e. The van der Waals surface area contributed by atoms with Gasteiger partial charge in [0, 0.05) is 11.3 Å². The molecule has 11 aromatic rings. The summed E-state index contributed by atoms with van der Waals surface area (Å²) < 4.78 is 0. The fourth-order valence-corrected chi connectivity index (χ4v) is 8.87. The van der Waals surface area contributed by atoms with Crippen LogP contribution >= 0.6 is 0 Å². The summed E-state index contributed by atoms with van der Waals surface area (Å²) in [4.78, 5) is 5.43. The SMILES string of the molecule is CC(=Nc1c(C)c(-c2ccc3ccccc3c2)c2ccccc2c1-c1ccc2ccccc2c1)c1ccc(C)cc1.Cc1ccccc1.c1ccc(Cc2cccc3ccccc23)cc1. The van der Waals surface area contributed by atoms with Gasteiger partial charge in [-0.1, -0.05) is 236 Å². The van der Waals surface area contributed by atoms with E-state index in [2.05, 4.69) is 246 Å². The number of hydrogen-bond donors (Lipinski definition) is 0. The molecule has 0 radical (unpaired) electrons. The Balaban J connectivity index is 0.000000181. The van der Waals surface area contributed by atoms with Gasteiger partial charge in [-0.25, -0.2) is 0 Å². The average Bonchev–Trinajstić information content (AvgIpc) is 3.35. The normalized spacial score (nSPS) is 11.2. The van der Waals surface area contributed by atoms with Crippen LogP contribution in [-0.2, 0) is 6.42 Å². The molecular formula is C64H53N. The molecule has 65 heavy (non-hydrogen) atoms. The van der Waals surface area contributed by atoms with Crippen molar-refractivity contribution in [3.8, 4) is 22.3 Å². The van der Waals surface area contributed by atoms with E-state index in [1.807, 2.05) is 18.2 Å². The lowest BCUT2D eigenvalue weighted by Gasteiger charge is -2.20. The van der Waals surface area contributed by atoms with Gasteiger partial charge in [0.1, 0.15) is 0 Å². The Labute approximate surface area is 384 Å². The first-order valence-electron chi connectivity index (χ1n) is 22.6. The second-order valence-corrected chi connectivity index (χ2v) is 16.9. The van der Waals surface area contributed by atoms with Gasteiger partial charge in [0.15, 0.2) is 0 Å². The lowest BCUT2D eigenvalue weighted by atomic mass is 9.86. The molecule has 0 aromatic heterocycles. The minimum absolute atomic E-state index is 1.00. The van der Waals surface area contributed by atoms with Crippen molar-refractivity contribution in [1.29, 1.82) is 0 Å². The standard InChI is InChI=1S/C40H31N.C17H14.C7H8/c1-26-16-18-29(19-17-26)28(3)41-40-27(2)38(34-22-20-30-10-4-6-12-32(30)24-34)36-14-8-9-15-37(36)39(40)35-23-21-31-11-5-7-13-33(31)25-35;1-2-7-14(8-3-1)13-16-11-6-10-15-9-4-5-12-17(15)16;1-7-5-3-2-4-6-7/h4-25H,1-3H3;1-12H,13H2;2-6H,1H3. The highest BCUT2D eigenvalue weighted by Gasteiger charge is 2.20. The summed E-state index contributed by atoms with van der Waals surface area (Å²) >= 11 is 0. The van der Waals surface area contributed by atoms with Gasteiger partial charge in [0.25, 0.3) is 0 Å². The van der Waals surface area contributed by atoms with Crippen LogP contribution in [0.2, 0.25) is 0 Å². The molecule has 0 aliphatic rings. The lowest BCUT2D eigenvalue weighted by Crippen LogP contribution is -1.97. The van der Waals surface area contributed by atoms with E-state index in [4.69, 9.17) is 4.99 Å². The zero-order chi connectivity index (χ0) is 44.5. The first-order chi connectivity index (χ1) is 31.9. The molecule has 1 nitrogen and oxygen atoms in total. The average molecular weight is 836 g/mol. The van der Waals surface area contributed by atoms with Crippen LogP contribution in [0.25, 0.3) is 65.3 Å². The molecule has 0 fully saturated rings. The predicted molar refractivity (Wildman–Crippen MR) is 282 cm³/mol. The third kappa shape index (κ3) is 9.71. The minimum atomic E-state index is 1.00. The van der Waals surface area contributed by atoms with Gasteiger partial charge >= 0.3 is 0 Å². The number of hydrogen-bond acceptors (Lipinski definition) is 1. The summed E-state index contributed by atoms with van der Waals surface area (Å²) in [6, 6.07) is 84.2. The second kappa shape index (κ2) is 19.7. The Kier molecular flexibility index (Phi) is 12.8. The molecule has 0 amide bonds. The Morgan fingerprint density at radius 2 is 0.831 bits per heavy atom. The number of benzene rings is 11. The van der Waals surface area contributed by atoms with Crippen LogP contribution in [0.15, 0.2) is 242 Å². The zero-order valence-electron chi connectivity index (χ0n) is 37.7. The zero-order valence-corrected chi connectivity index (χ0v) is 37.7. The maximum absolute atomic E-state index is 5.43. The van der Waals surface area contributed by atoms with Crippen LogP contribution in [0, 0.1) is 20.8 Å². The molecule has 0 aliphatic heterocycles. The summed E-state index contributed by atoms with van der Waals surface area (Å²) in [6.45, 7) is 8.57. The highest BCUT2D eigenvalue weighted by Crippen LogP contribution is 2.47. The van der Waals surface area contributed by atoms with Crippen molar-refractivity contribution in [1.82, 2.24) is 0 Å². The molecule has 0 saturated heterocycles. The fraction of sp³-hybridized carbons (Fsp3) is 0.0781. The fourth-order valence-electron chi connectivity index (χ4n) is 8.87. The largest absolute Gasteiger partial charge is 0.252 e. The maximum atomic E-state index is 5.43. The summed E-state index contributed by atoms with van der Waals surface area (Å²) in [6.07, 6.45) is 1.00. The van der Waals surface area contributed by atoms with Crippen molar-refractivity contribution in [2.24, 2.45) is 4.99 Å². The molecule has 0 spiro atoms. The van der Waals surface area contributed by atoms with Crippen molar-refractivity contribution in [3.05, 3.63) is 270 Å². The first-order valence-corrected chi connectivity index (χ1v) is 22.6. The Hall–Kier alpha value is -7.87. The Morgan fingerprint density at radius 3 is 1.42 bits per heavy atom. The molecule has 314 valence electrons. The highest BCUT2D eigenvalue weighted by molar-refractivity contribution is 6.14. The number of aryl methyl sites for hydroxylation is 2. The Morgan fingerprint density at radius 1 is 0.369 bits per heavy atom. The molecule has 11 aromatic carbocycles. The maximum Gasteiger partial charge on any atom is 0.0753 e. The number of aliphatic imine (C=N–C) groups is 1. The molecule has 1 heteroatoms. The van der Waals surface area contributed by atoms with Crippen molar-refractivity contribution in [2.75, 3.05) is 0 Å². The molecule has 11 rings (SSSR count). The molecule has 0 bridgehead atoms. The lowest BCUT2D eigenvalue weighted by molar-refractivity contribution is 1.21. The third-order valence-electron chi connectivity index (χ3n) is 12.3. The van der Waals surface area contributed by atoms with Gasteiger partial charge in [-0.15, -0.1) is 0 Å². The summed E-state index contributed by atoms with van der Waals surface area (Å²) in [5, 5.41) is 10.1. The van der Waals surface area contributed by atoms with E-state index < -0.39 is 0 Å². The van der Waals surface area contributed by atoms with Gasteiger partial charge in [-0.05, 0) is 128 Å². The first kappa shape index (κ1) is 42.4. The van der Waals surface area contributed by atoms with Crippen molar-refractivity contribution in [2.45, 2.75) is 34.1 Å². The monoisotopic (exact) mass is 835 g/mol. The molecule has 0 heterocycles. The van der Waals surface area contributed by atoms with Crippen LogP contribution in [0.3, 0.4) is 0 Å². The summed E-state index contributed by atoms with van der Waals surface area (Å²) in [5.74, 6) is 0. The van der Waals surface area contributed by atoms with Crippen LogP contribution < -0.4 is 0 Å². The minimum Gasteiger partial charge on any atom is -0.252 e. The topological polar surface area (TPSA) is 12.4 Å². The van der Waals surface area contributed by atoms with E-state index in [1.54, 1.807) is 0 Å². The molecular weight excluding hydrogens is 783 g/mol. The van der Waals surface area contributed by atoms with E-state index in [9.17, 15) is 0 Å². The van der Waals surface area contributed by atoms with Crippen molar-refractivity contribution >= 4 is 54.5 Å². The molecule has 0 atom stereocenters. The quantitative estimate of drug-likeness (QED) is 0.148. The second-order valence-electron chi connectivity index (χ2n) is 16.9. The molecule has 0 saturated carbocycles.